The molecule has 0 aliphatic heterocycles. The van der Waals surface area contributed by atoms with E-state index in [4.69, 9.17) is 0 Å². The highest BCUT2D eigenvalue weighted by Crippen LogP contribution is 2.48. The molecule has 0 N–H and O–H groups in total. The third kappa shape index (κ3) is 1.77. The van der Waals surface area contributed by atoms with Crippen LogP contribution in [0.5, 0.6) is 0 Å². The van der Waals surface area contributed by atoms with E-state index in [1.54, 1.807) is 6.08 Å². The van der Waals surface area contributed by atoms with Gasteiger partial charge in [0.1, 0.15) is 0 Å². The van der Waals surface area contributed by atoms with Crippen molar-refractivity contribution in [1.29, 1.82) is 0 Å². The lowest BCUT2D eigenvalue weighted by Crippen LogP contribution is -2.31. The number of allylic oxidation sites excluding steroid dienone is 4. The van der Waals surface area contributed by atoms with Gasteiger partial charge in [-0.1, -0.05) is 32.4 Å². The van der Waals surface area contributed by atoms with E-state index in [9.17, 15) is 4.79 Å². The quantitative estimate of drug-likeness (QED) is 0.652. The topological polar surface area (TPSA) is 17.1 Å². The maximum absolute atomic E-state index is 11.7. The van der Waals surface area contributed by atoms with Crippen LogP contribution in [0.25, 0.3) is 0 Å². The fraction of sp³-hybridized carbons (Fsp3) is 0.667. The lowest BCUT2D eigenvalue weighted by atomic mass is 9.62. The first-order chi connectivity index (χ1) is 7.44. The minimum absolute atomic E-state index is 0.170. The first kappa shape index (κ1) is 11.6. The van der Waals surface area contributed by atoms with Crippen LogP contribution in [0, 0.1) is 17.3 Å². The van der Waals surface area contributed by atoms with Crippen LogP contribution < -0.4 is 0 Å². The van der Waals surface area contributed by atoms with Crippen molar-refractivity contribution >= 4 is 5.78 Å². The third-order valence-corrected chi connectivity index (χ3v) is 4.56. The number of ketones is 1. The van der Waals surface area contributed by atoms with Crippen LogP contribution >= 0.6 is 0 Å². The van der Waals surface area contributed by atoms with Crippen molar-refractivity contribution in [2.75, 3.05) is 0 Å². The van der Waals surface area contributed by atoms with Gasteiger partial charge in [-0.3, -0.25) is 4.79 Å². The standard InChI is InChI=1S/C15H22O/c1-10(2)12-5-7-15(4)8-6-14(16)11(3)13(15)9-12/h6,8,10,12H,5,7,9H2,1-4H3. The molecule has 2 atom stereocenters. The Morgan fingerprint density at radius 2 is 2.12 bits per heavy atom. The Balaban J connectivity index is 2.33. The van der Waals surface area contributed by atoms with Gasteiger partial charge in [-0.2, -0.15) is 0 Å². The maximum Gasteiger partial charge on any atom is 0.181 e. The normalized spacial score (nSPS) is 34.6. The summed E-state index contributed by atoms with van der Waals surface area (Å²) in [5, 5.41) is 0. The maximum atomic E-state index is 11.7. The predicted octanol–water partition coefficient (Wildman–Crippen LogP) is 3.90. The van der Waals surface area contributed by atoms with Gasteiger partial charge < -0.3 is 0 Å². The summed E-state index contributed by atoms with van der Waals surface area (Å²) >= 11 is 0. The fourth-order valence-electron chi connectivity index (χ4n) is 3.10. The fourth-order valence-corrected chi connectivity index (χ4v) is 3.10. The first-order valence-electron chi connectivity index (χ1n) is 6.38. The molecule has 0 radical (unpaired) electrons. The summed E-state index contributed by atoms with van der Waals surface area (Å²) in [5.74, 6) is 1.71. The molecular weight excluding hydrogens is 196 g/mol. The Morgan fingerprint density at radius 3 is 2.75 bits per heavy atom. The van der Waals surface area contributed by atoms with Gasteiger partial charge in [0, 0.05) is 5.41 Å². The number of hydrogen-bond donors (Lipinski definition) is 0. The highest BCUT2D eigenvalue weighted by Gasteiger charge is 2.38. The Kier molecular flexibility index (Phi) is 2.81. The zero-order chi connectivity index (χ0) is 11.9. The Labute approximate surface area is 98.6 Å². The Bertz CT molecular complexity index is 373. The molecule has 1 nitrogen and oxygen atoms in total. The molecule has 0 aromatic carbocycles. The van der Waals surface area contributed by atoms with E-state index in [2.05, 4.69) is 26.8 Å². The molecule has 0 bridgehead atoms. The van der Waals surface area contributed by atoms with E-state index in [-0.39, 0.29) is 11.2 Å². The summed E-state index contributed by atoms with van der Waals surface area (Å²) in [7, 11) is 0. The number of fused-ring (bicyclic) bond motifs is 1. The lowest BCUT2D eigenvalue weighted by Gasteiger charge is -2.42. The molecule has 0 aromatic rings. The molecule has 16 heavy (non-hydrogen) atoms. The number of hydrogen-bond acceptors (Lipinski definition) is 1. The van der Waals surface area contributed by atoms with Crippen molar-refractivity contribution in [2.45, 2.75) is 47.0 Å². The third-order valence-electron chi connectivity index (χ3n) is 4.56. The van der Waals surface area contributed by atoms with E-state index in [0.29, 0.717) is 0 Å². The minimum Gasteiger partial charge on any atom is -0.290 e. The highest BCUT2D eigenvalue weighted by molar-refractivity contribution is 6.05. The van der Waals surface area contributed by atoms with Gasteiger partial charge >= 0.3 is 0 Å². The van der Waals surface area contributed by atoms with Crippen LogP contribution in [-0.2, 0) is 4.79 Å². The van der Waals surface area contributed by atoms with Crippen molar-refractivity contribution in [1.82, 2.24) is 0 Å². The summed E-state index contributed by atoms with van der Waals surface area (Å²) in [5.41, 5.74) is 2.59. The molecule has 0 amide bonds. The second-order valence-electron chi connectivity index (χ2n) is 5.97. The summed E-state index contributed by atoms with van der Waals surface area (Å²) in [6, 6.07) is 0. The van der Waals surface area contributed by atoms with Crippen LogP contribution in [0.3, 0.4) is 0 Å². The molecular formula is C15H22O. The molecule has 2 rings (SSSR count). The van der Waals surface area contributed by atoms with E-state index in [0.717, 1.165) is 23.8 Å². The molecule has 88 valence electrons. The van der Waals surface area contributed by atoms with Crippen LogP contribution in [-0.4, -0.2) is 5.78 Å². The molecule has 2 aliphatic carbocycles. The Morgan fingerprint density at radius 1 is 1.44 bits per heavy atom. The van der Waals surface area contributed by atoms with Crippen LogP contribution in [0.15, 0.2) is 23.3 Å². The largest absolute Gasteiger partial charge is 0.290 e. The van der Waals surface area contributed by atoms with Crippen molar-refractivity contribution < 1.29 is 4.79 Å². The molecule has 0 spiro atoms. The molecule has 2 aliphatic rings. The Hall–Kier alpha value is -0.850. The van der Waals surface area contributed by atoms with Crippen molar-refractivity contribution in [2.24, 2.45) is 17.3 Å². The average molecular weight is 218 g/mol. The predicted molar refractivity (Wildman–Crippen MR) is 67.1 cm³/mol. The van der Waals surface area contributed by atoms with E-state index >= 15 is 0 Å². The van der Waals surface area contributed by atoms with Gasteiger partial charge in [0.15, 0.2) is 5.78 Å². The highest BCUT2D eigenvalue weighted by atomic mass is 16.1. The van der Waals surface area contributed by atoms with Gasteiger partial charge in [0.05, 0.1) is 0 Å². The summed E-state index contributed by atoms with van der Waals surface area (Å²) < 4.78 is 0. The number of carbonyl (C=O) groups excluding carboxylic acids is 1. The zero-order valence-electron chi connectivity index (χ0n) is 10.8. The number of rotatable bonds is 1. The molecule has 1 heteroatoms. The zero-order valence-corrected chi connectivity index (χ0v) is 10.8. The summed E-state index contributed by atoms with van der Waals surface area (Å²) in [4.78, 5) is 11.7. The average Bonchev–Trinajstić information content (AvgIpc) is 2.24. The van der Waals surface area contributed by atoms with Gasteiger partial charge in [-0.15, -0.1) is 0 Å². The van der Waals surface area contributed by atoms with Gasteiger partial charge in [0.25, 0.3) is 0 Å². The molecule has 1 saturated carbocycles. The SMILES string of the molecule is CC1=C2CC(C(C)C)CCC2(C)C=CC1=O. The second kappa shape index (κ2) is 3.87. The van der Waals surface area contributed by atoms with Crippen LogP contribution in [0.1, 0.15) is 47.0 Å². The van der Waals surface area contributed by atoms with Gasteiger partial charge in [-0.25, -0.2) is 0 Å². The number of carbonyl (C=O) groups is 1. The minimum atomic E-state index is 0.170. The molecule has 2 unspecified atom stereocenters. The van der Waals surface area contributed by atoms with E-state index in [1.807, 2.05) is 6.92 Å². The summed E-state index contributed by atoms with van der Waals surface area (Å²) in [6.07, 6.45) is 7.52. The summed E-state index contributed by atoms with van der Waals surface area (Å²) in [6.45, 7) is 8.88. The molecule has 0 saturated heterocycles. The molecule has 0 heterocycles. The van der Waals surface area contributed by atoms with E-state index in [1.165, 1.54) is 18.4 Å². The monoisotopic (exact) mass is 218 g/mol. The lowest BCUT2D eigenvalue weighted by molar-refractivity contribution is -0.111. The molecule has 0 aromatic heterocycles. The van der Waals surface area contributed by atoms with Crippen LogP contribution in [0.4, 0.5) is 0 Å². The van der Waals surface area contributed by atoms with Crippen molar-refractivity contribution in [3.8, 4) is 0 Å². The van der Waals surface area contributed by atoms with Gasteiger partial charge in [-0.05, 0) is 49.7 Å². The van der Waals surface area contributed by atoms with Gasteiger partial charge in [0.2, 0.25) is 0 Å². The van der Waals surface area contributed by atoms with Crippen molar-refractivity contribution in [3.63, 3.8) is 0 Å². The smallest absolute Gasteiger partial charge is 0.181 e. The van der Waals surface area contributed by atoms with Crippen LogP contribution in [0.2, 0.25) is 0 Å². The second-order valence-corrected chi connectivity index (χ2v) is 5.97. The first-order valence-corrected chi connectivity index (χ1v) is 6.38. The molecule has 1 fully saturated rings. The van der Waals surface area contributed by atoms with Crippen molar-refractivity contribution in [3.05, 3.63) is 23.3 Å². The van der Waals surface area contributed by atoms with E-state index < -0.39 is 0 Å².